The molecule has 5 nitrogen and oxygen atoms in total. The molecular weight excluding hydrogens is 316 g/mol. The summed E-state index contributed by atoms with van der Waals surface area (Å²) in [4.78, 5) is 16.0. The van der Waals surface area contributed by atoms with E-state index < -0.39 is 0 Å². The van der Waals surface area contributed by atoms with Gasteiger partial charge in [0, 0.05) is 37.6 Å². The molecule has 1 aliphatic rings. The lowest BCUT2D eigenvalue weighted by Crippen LogP contribution is -2.16. The molecule has 6 heteroatoms. The van der Waals surface area contributed by atoms with Crippen molar-refractivity contribution in [1.82, 2.24) is 4.98 Å². The van der Waals surface area contributed by atoms with Gasteiger partial charge in [-0.15, -0.1) is 0 Å². The highest BCUT2D eigenvalue weighted by atomic mass is 35.5. The molecule has 23 heavy (non-hydrogen) atoms. The smallest absolute Gasteiger partial charge is 0.224 e. The van der Waals surface area contributed by atoms with Crippen molar-refractivity contribution < 1.29 is 14.3 Å². The average Bonchev–Trinajstić information content (AvgIpc) is 3.04. The summed E-state index contributed by atoms with van der Waals surface area (Å²) in [5.74, 6) is 1.44. The van der Waals surface area contributed by atoms with Crippen molar-refractivity contribution in [2.75, 3.05) is 18.5 Å². The predicted octanol–water partition coefficient (Wildman–Crippen LogP) is 3.89. The second-order valence-electron chi connectivity index (χ2n) is 5.42. The first-order valence-electron chi connectivity index (χ1n) is 7.46. The number of amides is 1. The summed E-state index contributed by atoms with van der Waals surface area (Å²) in [6.07, 6.45) is 2.97. The second kappa shape index (κ2) is 7.44. The van der Waals surface area contributed by atoms with Crippen LogP contribution in [0.25, 0.3) is 0 Å². The van der Waals surface area contributed by atoms with Crippen LogP contribution in [0.3, 0.4) is 0 Å². The molecule has 1 atom stereocenters. The molecule has 1 fully saturated rings. The number of aromatic nitrogens is 1. The fraction of sp³-hybridized carbons (Fsp3) is 0.294. The zero-order valence-electron chi connectivity index (χ0n) is 12.5. The molecule has 120 valence electrons. The summed E-state index contributed by atoms with van der Waals surface area (Å²) in [6.45, 7) is 1.43. The maximum Gasteiger partial charge on any atom is 0.224 e. The second-order valence-corrected chi connectivity index (χ2v) is 5.86. The van der Waals surface area contributed by atoms with Gasteiger partial charge in [0.05, 0.1) is 5.02 Å². The monoisotopic (exact) mass is 332 g/mol. The Hall–Kier alpha value is -2.11. The molecule has 1 aromatic carbocycles. The number of pyridine rings is 1. The molecular formula is C17H17ClN2O3. The van der Waals surface area contributed by atoms with Crippen molar-refractivity contribution in [1.29, 1.82) is 0 Å². The van der Waals surface area contributed by atoms with Crippen molar-refractivity contribution in [3.8, 4) is 11.6 Å². The topological polar surface area (TPSA) is 60.5 Å². The van der Waals surface area contributed by atoms with Crippen molar-refractivity contribution in [2.45, 2.75) is 12.8 Å². The molecule has 2 heterocycles. The van der Waals surface area contributed by atoms with Gasteiger partial charge in [0.15, 0.2) is 0 Å². The van der Waals surface area contributed by atoms with Gasteiger partial charge in [-0.1, -0.05) is 11.6 Å². The number of carbonyl (C=O) groups is 1. The highest BCUT2D eigenvalue weighted by molar-refractivity contribution is 6.30. The summed E-state index contributed by atoms with van der Waals surface area (Å²) >= 11 is 5.78. The number of hydrogen-bond donors (Lipinski definition) is 1. The third kappa shape index (κ3) is 4.68. The van der Waals surface area contributed by atoms with Gasteiger partial charge in [-0.3, -0.25) is 4.79 Å². The Kier molecular flexibility index (Phi) is 5.10. The van der Waals surface area contributed by atoms with Crippen LogP contribution in [-0.2, 0) is 9.53 Å². The van der Waals surface area contributed by atoms with E-state index in [-0.39, 0.29) is 5.91 Å². The molecule has 0 radical (unpaired) electrons. The van der Waals surface area contributed by atoms with E-state index in [1.165, 1.54) is 6.20 Å². The Morgan fingerprint density at radius 1 is 1.30 bits per heavy atom. The molecule has 1 N–H and O–H groups in total. The van der Waals surface area contributed by atoms with Crippen molar-refractivity contribution in [2.24, 2.45) is 5.92 Å². The van der Waals surface area contributed by atoms with E-state index in [4.69, 9.17) is 21.1 Å². The fourth-order valence-corrected chi connectivity index (χ4v) is 2.48. The van der Waals surface area contributed by atoms with E-state index >= 15 is 0 Å². The zero-order valence-corrected chi connectivity index (χ0v) is 13.3. The van der Waals surface area contributed by atoms with Crippen LogP contribution in [0.15, 0.2) is 42.6 Å². The van der Waals surface area contributed by atoms with Crippen LogP contribution in [0.2, 0.25) is 5.02 Å². The van der Waals surface area contributed by atoms with Gasteiger partial charge in [0.2, 0.25) is 11.8 Å². The molecule has 1 aliphatic heterocycles. The molecule has 0 saturated carbocycles. The summed E-state index contributed by atoms with van der Waals surface area (Å²) in [6, 6.07) is 10.6. The van der Waals surface area contributed by atoms with E-state index in [1.54, 1.807) is 36.4 Å². The number of anilines is 1. The maximum atomic E-state index is 12.0. The lowest BCUT2D eigenvalue weighted by atomic mass is 10.0. The standard InChI is InChI=1S/C17H17ClN2O3/c18-13-1-6-17(19-10-13)23-15-4-2-14(3-5-15)20-16(21)9-12-7-8-22-11-12/h1-6,10,12H,7-9,11H2,(H,20,21)/t12-/m0/s1. The number of ether oxygens (including phenoxy) is 2. The number of hydrogen-bond acceptors (Lipinski definition) is 4. The van der Waals surface area contributed by atoms with Crippen LogP contribution >= 0.6 is 11.6 Å². The largest absolute Gasteiger partial charge is 0.439 e. The number of nitrogens with zero attached hydrogens (tertiary/aromatic N) is 1. The van der Waals surface area contributed by atoms with Gasteiger partial charge in [-0.25, -0.2) is 4.98 Å². The number of carbonyl (C=O) groups excluding carboxylic acids is 1. The first-order valence-corrected chi connectivity index (χ1v) is 7.84. The summed E-state index contributed by atoms with van der Waals surface area (Å²) in [7, 11) is 0. The summed E-state index contributed by atoms with van der Waals surface area (Å²) in [5, 5.41) is 3.44. The average molecular weight is 333 g/mol. The van der Waals surface area contributed by atoms with E-state index in [0.29, 0.717) is 35.6 Å². The molecule has 0 unspecified atom stereocenters. The fourth-order valence-electron chi connectivity index (χ4n) is 2.37. The van der Waals surface area contributed by atoms with Crippen LogP contribution in [0.1, 0.15) is 12.8 Å². The third-order valence-corrected chi connectivity index (χ3v) is 3.78. The number of benzene rings is 1. The van der Waals surface area contributed by atoms with Crippen molar-refractivity contribution in [3.63, 3.8) is 0 Å². The summed E-state index contributed by atoms with van der Waals surface area (Å²) < 4.78 is 10.9. The minimum atomic E-state index is 0.00790. The highest BCUT2D eigenvalue weighted by Crippen LogP contribution is 2.23. The molecule has 0 bridgehead atoms. The number of nitrogens with one attached hydrogen (secondary N) is 1. The molecule has 0 spiro atoms. The van der Waals surface area contributed by atoms with Crippen molar-refractivity contribution in [3.05, 3.63) is 47.6 Å². The lowest BCUT2D eigenvalue weighted by Gasteiger charge is -2.09. The summed E-state index contributed by atoms with van der Waals surface area (Å²) in [5.41, 5.74) is 0.741. The van der Waals surface area contributed by atoms with E-state index in [2.05, 4.69) is 10.3 Å². The zero-order chi connectivity index (χ0) is 16.1. The SMILES string of the molecule is O=C(C[C@@H]1CCOC1)Nc1ccc(Oc2ccc(Cl)cn2)cc1. The Bertz CT molecular complexity index is 653. The number of rotatable bonds is 5. The first kappa shape index (κ1) is 15.8. The van der Waals surface area contributed by atoms with Crippen LogP contribution in [0.4, 0.5) is 5.69 Å². The lowest BCUT2D eigenvalue weighted by molar-refractivity contribution is -0.117. The minimum Gasteiger partial charge on any atom is -0.439 e. The Labute approximate surface area is 139 Å². The van der Waals surface area contributed by atoms with Gasteiger partial charge in [-0.2, -0.15) is 0 Å². The first-order chi connectivity index (χ1) is 11.2. The van der Waals surface area contributed by atoms with Gasteiger partial charge in [0.25, 0.3) is 0 Å². The molecule has 2 aromatic rings. The van der Waals surface area contributed by atoms with Crippen molar-refractivity contribution >= 4 is 23.2 Å². The molecule has 1 saturated heterocycles. The quantitative estimate of drug-likeness (QED) is 0.902. The highest BCUT2D eigenvalue weighted by Gasteiger charge is 2.19. The van der Waals surface area contributed by atoms with Gasteiger partial charge >= 0.3 is 0 Å². The number of halogens is 1. The van der Waals surface area contributed by atoms with Crippen LogP contribution in [-0.4, -0.2) is 24.1 Å². The Morgan fingerprint density at radius 3 is 2.78 bits per heavy atom. The van der Waals surface area contributed by atoms with Crippen LogP contribution in [0.5, 0.6) is 11.6 Å². The maximum absolute atomic E-state index is 12.0. The molecule has 1 aromatic heterocycles. The predicted molar refractivity (Wildman–Crippen MR) is 87.9 cm³/mol. The van der Waals surface area contributed by atoms with E-state index in [1.807, 2.05) is 0 Å². The minimum absolute atomic E-state index is 0.00790. The van der Waals surface area contributed by atoms with Gasteiger partial charge in [0.1, 0.15) is 5.75 Å². The van der Waals surface area contributed by atoms with Gasteiger partial charge in [-0.05, 0) is 42.7 Å². The van der Waals surface area contributed by atoms with E-state index in [0.717, 1.165) is 18.7 Å². The molecule has 1 amide bonds. The Balaban J connectivity index is 1.54. The Morgan fingerprint density at radius 2 is 2.13 bits per heavy atom. The molecule has 3 rings (SSSR count). The molecule has 0 aliphatic carbocycles. The van der Waals surface area contributed by atoms with Crippen LogP contribution in [0, 0.1) is 5.92 Å². The third-order valence-electron chi connectivity index (χ3n) is 3.56. The van der Waals surface area contributed by atoms with E-state index in [9.17, 15) is 4.79 Å². The van der Waals surface area contributed by atoms with Gasteiger partial charge < -0.3 is 14.8 Å². The normalized spacial score (nSPS) is 17.0. The van der Waals surface area contributed by atoms with Crippen LogP contribution < -0.4 is 10.1 Å².